The summed E-state index contributed by atoms with van der Waals surface area (Å²) in [6.07, 6.45) is 0.617. The minimum atomic E-state index is -0.624. The standard InChI is InChI=1S/C16H20N2O3S/c1-4-21-15(20)16(11(2)3)5-6-18(10-16)14(19)13-7-12(8-17)9-22-13/h7,9,11H,4-6,10H2,1-3H3. The van der Waals surface area contributed by atoms with Crippen LogP contribution in [0.5, 0.6) is 0 Å². The fraction of sp³-hybridized carbons (Fsp3) is 0.562. The third-order valence-electron chi connectivity index (χ3n) is 4.31. The van der Waals surface area contributed by atoms with Gasteiger partial charge >= 0.3 is 5.97 Å². The largest absolute Gasteiger partial charge is 0.466 e. The van der Waals surface area contributed by atoms with Crippen molar-refractivity contribution in [1.29, 1.82) is 5.26 Å². The normalized spacial score (nSPS) is 21.0. The van der Waals surface area contributed by atoms with Gasteiger partial charge in [-0.3, -0.25) is 9.59 Å². The van der Waals surface area contributed by atoms with Gasteiger partial charge in [0.25, 0.3) is 5.91 Å². The number of carbonyl (C=O) groups excluding carboxylic acids is 2. The number of hydrogen-bond donors (Lipinski definition) is 0. The Bertz CT molecular complexity index is 617. The molecule has 1 fully saturated rings. The highest BCUT2D eigenvalue weighted by atomic mass is 32.1. The first-order valence-corrected chi connectivity index (χ1v) is 8.27. The average Bonchev–Trinajstić information content (AvgIpc) is 3.14. The number of nitrogens with zero attached hydrogens (tertiary/aromatic N) is 2. The first-order valence-electron chi connectivity index (χ1n) is 7.39. The molecule has 0 saturated carbocycles. The molecule has 22 heavy (non-hydrogen) atoms. The summed E-state index contributed by atoms with van der Waals surface area (Å²) in [5.41, 5.74) is -0.130. The molecule has 0 aromatic carbocycles. The summed E-state index contributed by atoms with van der Waals surface area (Å²) in [4.78, 5) is 27.1. The number of thiophene rings is 1. The fourth-order valence-electron chi connectivity index (χ4n) is 2.82. The highest BCUT2D eigenvalue weighted by molar-refractivity contribution is 7.12. The summed E-state index contributed by atoms with van der Waals surface area (Å²) < 4.78 is 5.23. The van der Waals surface area contributed by atoms with Crippen LogP contribution in [0.15, 0.2) is 11.4 Å². The van der Waals surface area contributed by atoms with Crippen LogP contribution in [0.25, 0.3) is 0 Å². The van der Waals surface area contributed by atoms with Gasteiger partial charge in [-0.25, -0.2) is 0 Å². The van der Waals surface area contributed by atoms with Crippen molar-refractivity contribution in [3.8, 4) is 6.07 Å². The Labute approximate surface area is 134 Å². The monoisotopic (exact) mass is 320 g/mol. The maximum Gasteiger partial charge on any atom is 0.314 e. The van der Waals surface area contributed by atoms with E-state index in [0.29, 0.717) is 36.6 Å². The van der Waals surface area contributed by atoms with Crippen molar-refractivity contribution in [1.82, 2.24) is 4.90 Å². The highest BCUT2D eigenvalue weighted by Gasteiger charge is 2.49. The molecule has 2 heterocycles. The first-order chi connectivity index (χ1) is 10.4. The number of amides is 1. The molecule has 1 aliphatic heterocycles. The molecular weight excluding hydrogens is 300 g/mol. The van der Waals surface area contributed by atoms with Gasteiger partial charge in [0, 0.05) is 18.5 Å². The molecule has 5 nitrogen and oxygen atoms in total. The molecule has 1 aromatic heterocycles. The van der Waals surface area contributed by atoms with Crippen LogP contribution < -0.4 is 0 Å². The predicted molar refractivity (Wildman–Crippen MR) is 83.5 cm³/mol. The van der Waals surface area contributed by atoms with E-state index in [-0.39, 0.29) is 17.8 Å². The molecule has 118 valence electrons. The maximum absolute atomic E-state index is 12.5. The van der Waals surface area contributed by atoms with Crippen molar-refractivity contribution in [3.63, 3.8) is 0 Å². The molecule has 0 bridgehead atoms. The molecule has 6 heteroatoms. The van der Waals surface area contributed by atoms with E-state index in [9.17, 15) is 9.59 Å². The lowest BCUT2D eigenvalue weighted by molar-refractivity contribution is -0.157. The van der Waals surface area contributed by atoms with E-state index in [1.165, 1.54) is 11.3 Å². The zero-order valence-corrected chi connectivity index (χ0v) is 13.9. The van der Waals surface area contributed by atoms with Gasteiger partial charge in [-0.15, -0.1) is 11.3 Å². The Morgan fingerprint density at radius 1 is 1.55 bits per heavy atom. The summed E-state index contributed by atoms with van der Waals surface area (Å²) in [6.45, 7) is 7.03. The second kappa shape index (κ2) is 6.49. The van der Waals surface area contributed by atoms with Crippen molar-refractivity contribution in [2.24, 2.45) is 11.3 Å². The van der Waals surface area contributed by atoms with E-state index in [2.05, 4.69) is 0 Å². The van der Waals surface area contributed by atoms with Gasteiger partial charge in [-0.05, 0) is 25.3 Å². The van der Waals surface area contributed by atoms with Gasteiger partial charge in [-0.2, -0.15) is 5.26 Å². The van der Waals surface area contributed by atoms with Gasteiger partial charge < -0.3 is 9.64 Å². The second-order valence-electron chi connectivity index (χ2n) is 5.82. The van der Waals surface area contributed by atoms with Gasteiger partial charge in [-0.1, -0.05) is 13.8 Å². The topological polar surface area (TPSA) is 70.4 Å². The maximum atomic E-state index is 12.5. The third kappa shape index (κ3) is 2.86. The van der Waals surface area contributed by atoms with Gasteiger partial charge in [0.15, 0.2) is 0 Å². The van der Waals surface area contributed by atoms with Crippen molar-refractivity contribution in [3.05, 3.63) is 21.9 Å². The van der Waals surface area contributed by atoms with E-state index >= 15 is 0 Å². The minimum absolute atomic E-state index is 0.0994. The van der Waals surface area contributed by atoms with Crippen LogP contribution in [-0.4, -0.2) is 36.5 Å². The molecule has 1 atom stereocenters. The molecule has 1 amide bonds. The summed E-state index contributed by atoms with van der Waals surface area (Å²) in [6, 6.07) is 3.63. The van der Waals surface area contributed by atoms with Gasteiger partial charge in [0.2, 0.25) is 0 Å². The van der Waals surface area contributed by atoms with Crippen LogP contribution in [-0.2, 0) is 9.53 Å². The quantitative estimate of drug-likeness (QED) is 0.800. The van der Waals surface area contributed by atoms with E-state index in [1.54, 1.807) is 23.3 Å². The van der Waals surface area contributed by atoms with Crippen LogP contribution >= 0.6 is 11.3 Å². The lowest BCUT2D eigenvalue weighted by atomic mass is 9.76. The smallest absolute Gasteiger partial charge is 0.314 e. The third-order valence-corrected chi connectivity index (χ3v) is 5.23. The van der Waals surface area contributed by atoms with Gasteiger partial charge in [0.05, 0.1) is 22.5 Å². The molecule has 0 spiro atoms. The molecule has 1 aliphatic rings. The zero-order valence-electron chi connectivity index (χ0n) is 13.1. The molecule has 1 saturated heterocycles. The number of likely N-dealkylation sites (tertiary alicyclic amines) is 1. The van der Waals surface area contributed by atoms with Gasteiger partial charge in [0.1, 0.15) is 6.07 Å². The molecule has 1 unspecified atom stereocenters. The molecular formula is C16H20N2O3S. The Kier molecular flexibility index (Phi) is 4.87. The summed E-state index contributed by atoms with van der Waals surface area (Å²) >= 11 is 1.27. The number of nitriles is 1. The highest BCUT2D eigenvalue weighted by Crippen LogP contribution is 2.40. The zero-order chi connectivity index (χ0) is 16.3. The van der Waals surface area contributed by atoms with Crippen molar-refractivity contribution < 1.29 is 14.3 Å². The number of hydrogen-bond acceptors (Lipinski definition) is 5. The van der Waals surface area contributed by atoms with Crippen molar-refractivity contribution in [2.45, 2.75) is 27.2 Å². The Morgan fingerprint density at radius 2 is 2.27 bits per heavy atom. The molecule has 0 radical (unpaired) electrons. The van der Waals surface area contributed by atoms with Crippen molar-refractivity contribution in [2.75, 3.05) is 19.7 Å². The van der Waals surface area contributed by atoms with E-state index < -0.39 is 5.41 Å². The Hall–Kier alpha value is -1.87. The number of esters is 1. The van der Waals surface area contributed by atoms with Crippen LogP contribution in [0.2, 0.25) is 0 Å². The first kappa shape index (κ1) is 16.5. The Balaban J connectivity index is 2.17. The summed E-state index contributed by atoms with van der Waals surface area (Å²) in [5, 5.41) is 10.5. The van der Waals surface area contributed by atoms with Crippen LogP contribution in [0.1, 0.15) is 42.4 Å². The molecule has 0 aliphatic carbocycles. The Morgan fingerprint density at radius 3 is 2.82 bits per heavy atom. The van der Waals surface area contributed by atoms with E-state index in [1.807, 2.05) is 19.9 Å². The molecule has 1 aromatic rings. The van der Waals surface area contributed by atoms with Crippen LogP contribution in [0, 0.1) is 22.7 Å². The number of rotatable bonds is 4. The molecule has 0 N–H and O–H groups in total. The van der Waals surface area contributed by atoms with Crippen LogP contribution in [0.3, 0.4) is 0 Å². The SMILES string of the molecule is CCOC(=O)C1(C(C)C)CCN(C(=O)c2cc(C#N)cs2)C1. The van der Waals surface area contributed by atoms with Crippen LogP contribution in [0.4, 0.5) is 0 Å². The number of carbonyl (C=O) groups is 2. The summed E-state index contributed by atoms with van der Waals surface area (Å²) in [5.74, 6) is -0.232. The average molecular weight is 320 g/mol. The minimum Gasteiger partial charge on any atom is -0.466 e. The predicted octanol–water partition coefficient (Wildman–Crippen LogP) is 2.67. The molecule has 2 rings (SSSR count). The lowest BCUT2D eigenvalue weighted by Gasteiger charge is -2.30. The lowest BCUT2D eigenvalue weighted by Crippen LogP contribution is -2.41. The van der Waals surface area contributed by atoms with Crippen molar-refractivity contribution >= 4 is 23.2 Å². The number of ether oxygens (including phenoxy) is 1. The van der Waals surface area contributed by atoms with E-state index in [4.69, 9.17) is 10.00 Å². The second-order valence-corrected chi connectivity index (χ2v) is 6.73. The summed E-state index contributed by atoms with van der Waals surface area (Å²) in [7, 11) is 0. The van der Waals surface area contributed by atoms with E-state index in [0.717, 1.165) is 0 Å². The fourth-order valence-corrected chi connectivity index (χ4v) is 3.62.